The van der Waals surface area contributed by atoms with E-state index in [1.807, 2.05) is 18.2 Å². The molecule has 104 valence electrons. The molecule has 0 aromatic heterocycles. The topological polar surface area (TPSA) is 58.4 Å². The van der Waals surface area contributed by atoms with E-state index < -0.39 is 0 Å². The fourth-order valence-electron chi connectivity index (χ4n) is 2.46. The lowest BCUT2D eigenvalue weighted by molar-refractivity contribution is -0.119. The summed E-state index contributed by atoms with van der Waals surface area (Å²) in [6, 6.07) is 8.20. The Hall–Kier alpha value is -1.55. The maximum absolute atomic E-state index is 11.9. The van der Waals surface area contributed by atoms with Crippen LogP contribution in [0.1, 0.15) is 37.8 Å². The number of para-hydroxylation sites is 1. The molecule has 1 heterocycles. The Bertz CT molecular complexity index is 433. The number of nitrogens with one attached hydrogen (secondary N) is 1. The van der Waals surface area contributed by atoms with Crippen molar-refractivity contribution < 1.29 is 4.79 Å². The van der Waals surface area contributed by atoms with E-state index in [0.717, 1.165) is 43.6 Å². The Morgan fingerprint density at radius 1 is 1.47 bits per heavy atom. The first-order chi connectivity index (χ1) is 9.22. The lowest BCUT2D eigenvalue weighted by Crippen LogP contribution is -2.41. The summed E-state index contributed by atoms with van der Waals surface area (Å²) in [7, 11) is 0. The van der Waals surface area contributed by atoms with Crippen molar-refractivity contribution in [2.24, 2.45) is 5.73 Å². The van der Waals surface area contributed by atoms with Gasteiger partial charge in [-0.3, -0.25) is 4.79 Å². The van der Waals surface area contributed by atoms with Gasteiger partial charge >= 0.3 is 0 Å². The first-order valence-corrected chi connectivity index (χ1v) is 7.08. The molecule has 1 amide bonds. The van der Waals surface area contributed by atoms with Crippen LogP contribution >= 0.6 is 0 Å². The van der Waals surface area contributed by atoms with Crippen molar-refractivity contribution in [1.82, 2.24) is 5.32 Å². The van der Waals surface area contributed by atoms with Crippen molar-refractivity contribution in [1.29, 1.82) is 0 Å². The molecule has 1 aromatic carbocycles. The fraction of sp³-hybridized carbons (Fsp3) is 0.533. The maximum Gasteiger partial charge on any atom is 0.239 e. The highest BCUT2D eigenvalue weighted by molar-refractivity contribution is 5.82. The van der Waals surface area contributed by atoms with Crippen molar-refractivity contribution in [3.8, 4) is 0 Å². The van der Waals surface area contributed by atoms with E-state index in [-0.39, 0.29) is 11.9 Å². The van der Waals surface area contributed by atoms with Gasteiger partial charge in [0.05, 0.1) is 6.54 Å². The quantitative estimate of drug-likeness (QED) is 0.795. The van der Waals surface area contributed by atoms with E-state index in [0.29, 0.717) is 6.54 Å². The lowest BCUT2D eigenvalue weighted by Gasteiger charge is -2.33. The number of hydrogen-bond donors (Lipinski definition) is 2. The predicted molar refractivity (Wildman–Crippen MR) is 78.1 cm³/mol. The number of carbonyl (C=O) groups is 1. The van der Waals surface area contributed by atoms with Crippen molar-refractivity contribution in [2.45, 2.75) is 32.2 Å². The highest BCUT2D eigenvalue weighted by atomic mass is 16.2. The summed E-state index contributed by atoms with van der Waals surface area (Å²) in [6.45, 7) is 4.16. The van der Waals surface area contributed by atoms with E-state index in [1.54, 1.807) is 0 Å². The highest BCUT2D eigenvalue weighted by Gasteiger charge is 2.23. The van der Waals surface area contributed by atoms with Gasteiger partial charge in [0.1, 0.15) is 0 Å². The van der Waals surface area contributed by atoms with Gasteiger partial charge < -0.3 is 16.0 Å². The maximum atomic E-state index is 11.9. The van der Waals surface area contributed by atoms with Gasteiger partial charge in [0.25, 0.3) is 0 Å². The molecule has 1 aromatic rings. The molecule has 0 radical (unpaired) electrons. The minimum absolute atomic E-state index is 0.0932. The van der Waals surface area contributed by atoms with Gasteiger partial charge in [0.15, 0.2) is 0 Å². The third-order valence-electron chi connectivity index (χ3n) is 3.57. The van der Waals surface area contributed by atoms with E-state index in [4.69, 9.17) is 5.73 Å². The van der Waals surface area contributed by atoms with Crippen LogP contribution in [0.4, 0.5) is 5.69 Å². The Morgan fingerprint density at radius 2 is 2.26 bits per heavy atom. The van der Waals surface area contributed by atoms with Crippen molar-refractivity contribution in [3.05, 3.63) is 29.8 Å². The summed E-state index contributed by atoms with van der Waals surface area (Å²) < 4.78 is 0. The third kappa shape index (κ3) is 3.47. The summed E-state index contributed by atoms with van der Waals surface area (Å²) in [4.78, 5) is 14.0. The number of rotatable bonds is 5. The van der Waals surface area contributed by atoms with Gasteiger partial charge in [-0.05, 0) is 24.5 Å². The van der Waals surface area contributed by atoms with E-state index in [2.05, 4.69) is 23.2 Å². The molecular weight excluding hydrogens is 238 g/mol. The van der Waals surface area contributed by atoms with Gasteiger partial charge in [0, 0.05) is 24.8 Å². The van der Waals surface area contributed by atoms with Gasteiger partial charge in [-0.15, -0.1) is 0 Å². The molecule has 0 saturated carbocycles. The van der Waals surface area contributed by atoms with Gasteiger partial charge in [-0.1, -0.05) is 31.5 Å². The number of carbonyl (C=O) groups excluding carboxylic acids is 1. The fourth-order valence-corrected chi connectivity index (χ4v) is 2.46. The second kappa shape index (κ2) is 6.57. The van der Waals surface area contributed by atoms with Crippen LogP contribution in [-0.4, -0.2) is 25.5 Å². The highest BCUT2D eigenvalue weighted by Crippen LogP contribution is 2.31. The van der Waals surface area contributed by atoms with Gasteiger partial charge in [-0.2, -0.15) is 0 Å². The predicted octanol–water partition coefficient (Wildman–Crippen LogP) is 1.81. The molecule has 4 nitrogen and oxygen atoms in total. The Labute approximate surface area is 115 Å². The van der Waals surface area contributed by atoms with Crippen LogP contribution < -0.4 is 16.0 Å². The average Bonchev–Trinajstić information content (AvgIpc) is 2.43. The average molecular weight is 261 g/mol. The van der Waals surface area contributed by atoms with Gasteiger partial charge in [-0.25, -0.2) is 0 Å². The van der Waals surface area contributed by atoms with Crippen LogP contribution in [0.15, 0.2) is 24.3 Å². The lowest BCUT2D eigenvalue weighted by atomic mass is 9.97. The normalized spacial score (nSPS) is 18.0. The molecule has 0 spiro atoms. The van der Waals surface area contributed by atoms with Crippen LogP contribution in [0.3, 0.4) is 0 Å². The summed E-state index contributed by atoms with van der Waals surface area (Å²) in [5, 5.41) is 2.96. The first kappa shape index (κ1) is 13.9. The minimum atomic E-state index is 0.0932. The molecular formula is C15H23N3O. The first-order valence-electron chi connectivity index (χ1n) is 7.08. The Kier molecular flexibility index (Phi) is 4.80. The number of unbranched alkanes of at least 4 members (excludes halogenated alkanes) is 1. The number of amides is 1. The second-order valence-corrected chi connectivity index (χ2v) is 5.08. The zero-order chi connectivity index (χ0) is 13.7. The summed E-state index contributed by atoms with van der Waals surface area (Å²) >= 11 is 0. The minimum Gasteiger partial charge on any atom is -0.362 e. The van der Waals surface area contributed by atoms with Crippen molar-refractivity contribution in [3.63, 3.8) is 0 Å². The molecule has 1 atom stereocenters. The Morgan fingerprint density at radius 3 is 3.05 bits per heavy atom. The van der Waals surface area contributed by atoms with Crippen LogP contribution in [0.25, 0.3) is 0 Å². The monoisotopic (exact) mass is 261 g/mol. The molecule has 1 aliphatic heterocycles. The standard InChI is InChI=1S/C15H23N3O/c1-2-3-9-17-15(19)11-18-10-8-13(16)12-6-4-5-7-14(12)18/h4-7,13H,2-3,8-11,16H2,1H3,(H,17,19). The third-order valence-corrected chi connectivity index (χ3v) is 3.57. The number of nitrogens with zero attached hydrogens (tertiary/aromatic N) is 1. The van der Waals surface area contributed by atoms with Gasteiger partial charge in [0.2, 0.25) is 5.91 Å². The molecule has 0 bridgehead atoms. The largest absolute Gasteiger partial charge is 0.362 e. The molecule has 19 heavy (non-hydrogen) atoms. The number of hydrogen-bond acceptors (Lipinski definition) is 3. The summed E-state index contributed by atoms with van der Waals surface area (Å²) in [6.07, 6.45) is 3.04. The molecule has 0 fully saturated rings. The molecule has 3 N–H and O–H groups in total. The Balaban J connectivity index is 1.98. The summed E-state index contributed by atoms with van der Waals surface area (Å²) in [5.41, 5.74) is 8.36. The van der Waals surface area contributed by atoms with E-state index >= 15 is 0 Å². The number of fused-ring (bicyclic) bond motifs is 1. The number of nitrogens with two attached hydrogens (primary N) is 1. The smallest absolute Gasteiger partial charge is 0.239 e. The zero-order valence-corrected chi connectivity index (χ0v) is 11.6. The zero-order valence-electron chi connectivity index (χ0n) is 11.6. The van der Waals surface area contributed by atoms with Crippen molar-refractivity contribution in [2.75, 3.05) is 24.5 Å². The van der Waals surface area contributed by atoms with Crippen LogP contribution in [0.2, 0.25) is 0 Å². The molecule has 0 saturated heterocycles. The molecule has 4 heteroatoms. The van der Waals surface area contributed by atoms with Crippen LogP contribution in [0.5, 0.6) is 0 Å². The van der Waals surface area contributed by atoms with E-state index in [9.17, 15) is 4.79 Å². The van der Waals surface area contributed by atoms with Crippen LogP contribution in [0, 0.1) is 0 Å². The molecule has 1 unspecified atom stereocenters. The number of anilines is 1. The molecule has 2 rings (SSSR count). The van der Waals surface area contributed by atoms with E-state index in [1.165, 1.54) is 0 Å². The second-order valence-electron chi connectivity index (χ2n) is 5.08. The molecule has 0 aliphatic carbocycles. The summed E-state index contributed by atoms with van der Waals surface area (Å²) in [5.74, 6) is 0.0960. The van der Waals surface area contributed by atoms with Crippen molar-refractivity contribution >= 4 is 11.6 Å². The molecule has 1 aliphatic rings. The number of benzene rings is 1. The van der Waals surface area contributed by atoms with Crippen LogP contribution in [-0.2, 0) is 4.79 Å². The SMILES string of the molecule is CCCCNC(=O)CN1CCC(N)c2ccccc21.